The molecule has 0 saturated carbocycles. The van der Waals surface area contributed by atoms with Gasteiger partial charge in [-0.2, -0.15) is 5.10 Å². The van der Waals surface area contributed by atoms with E-state index >= 15 is 0 Å². The van der Waals surface area contributed by atoms with Crippen molar-refractivity contribution in [1.29, 1.82) is 0 Å². The number of hydrazone groups is 1. The summed E-state index contributed by atoms with van der Waals surface area (Å²) in [6, 6.07) is 14.0. The minimum absolute atomic E-state index is 0.216. The topological polar surface area (TPSA) is 54.4 Å². The van der Waals surface area contributed by atoms with Crippen LogP contribution in [-0.4, -0.2) is 17.1 Å². The quantitative estimate of drug-likeness (QED) is 0.566. The monoisotopic (exact) mass is 341 g/mol. The van der Waals surface area contributed by atoms with Gasteiger partial charge in [-0.3, -0.25) is 4.79 Å². The summed E-state index contributed by atoms with van der Waals surface area (Å²) in [5.41, 5.74) is 4.49. The van der Waals surface area contributed by atoms with Crippen molar-refractivity contribution in [2.24, 2.45) is 5.10 Å². The molecular formula is C17H15N3OS2. The van der Waals surface area contributed by atoms with Crippen LogP contribution in [0.2, 0.25) is 0 Å². The summed E-state index contributed by atoms with van der Waals surface area (Å²) in [6.07, 6.45) is 2.38. The Bertz CT molecular complexity index is 808. The minimum Gasteiger partial charge on any atom is -0.266 e. The lowest BCUT2D eigenvalue weighted by molar-refractivity contribution is 0.0958. The number of aromatic nitrogens is 1. The van der Waals surface area contributed by atoms with E-state index < -0.39 is 0 Å². The van der Waals surface area contributed by atoms with Crippen molar-refractivity contribution in [2.75, 3.05) is 0 Å². The number of aryl methyl sites for hydroxylation is 1. The summed E-state index contributed by atoms with van der Waals surface area (Å²) >= 11 is 2.98. The maximum absolute atomic E-state index is 12.2. The number of amides is 1. The zero-order valence-electron chi connectivity index (χ0n) is 12.5. The van der Waals surface area contributed by atoms with Gasteiger partial charge in [0.2, 0.25) is 0 Å². The van der Waals surface area contributed by atoms with Gasteiger partial charge in [-0.05, 0) is 23.9 Å². The number of nitrogens with zero attached hydrogens (tertiary/aromatic N) is 2. The molecule has 0 unspecified atom stereocenters. The molecule has 0 fully saturated rings. The first-order chi connectivity index (χ1) is 11.2. The van der Waals surface area contributed by atoms with Crippen LogP contribution in [0, 0.1) is 6.92 Å². The SMILES string of the molecule is Cc1nc(Cc2ccccc2)sc1C(=O)N/N=C/c1cccs1. The van der Waals surface area contributed by atoms with Gasteiger partial charge in [0.25, 0.3) is 5.91 Å². The van der Waals surface area contributed by atoms with Crippen molar-refractivity contribution in [1.82, 2.24) is 10.4 Å². The second-order valence-electron chi connectivity index (χ2n) is 4.90. The van der Waals surface area contributed by atoms with E-state index in [1.165, 1.54) is 16.9 Å². The molecule has 0 spiro atoms. The summed E-state index contributed by atoms with van der Waals surface area (Å²) in [5, 5.41) is 6.89. The molecule has 0 aliphatic heterocycles. The Balaban J connectivity index is 1.66. The summed E-state index contributed by atoms with van der Waals surface area (Å²) in [5.74, 6) is -0.216. The van der Waals surface area contributed by atoms with Gasteiger partial charge in [-0.25, -0.2) is 10.4 Å². The van der Waals surface area contributed by atoms with Crippen LogP contribution in [0.3, 0.4) is 0 Å². The molecule has 1 aromatic carbocycles. The van der Waals surface area contributed by atoms with Crippen molar-refractivity contribution in [3.05, 3.63) is 73.9 Å². The molecule has 23 heavy (non-hydrogen) atoms. The normalized spacial score (nSPS) is 11.0. The van der Waals surface area contributed by atoms with Crippen LogP contribution in [0.25, 0.3) is 0 Å². The Morgan fingerprint density at radius 2 is 2.09 bits per heavy atom. The maximum Gasteiger partial charge on any atom is 0.283 e. The fourth-order valence-corrected chi connectivity index (χ4v) is 3.65. The second-order valence-corrected chi connectivity index (χ2v) is 6.96. The molecule has 2 aromatic heterocycles. The lowest BCUT2D eigenvalue weighted by atomic mass is 10.2. The van der Waals surface area contributed by atoms with Crippen LogP contribution < -0.4 is 5.43 Å². The Hall–Kier alpha value is -2.31. The number of hydrogen-bond acceptors (Lipinski definition) is 5. The molecule has 2 heterocycles. The Kier molecular flexibility index (Phi) is 4.95. The summed E-state index contributed by atoms with van der Waals surface area (Å²) in [6.45, 7) is 1.85. The highest BCUT2D eigenvalue weighted by molar-refractivity contribution is 7.13. The fraction of sp³-hybridized carbons (Fsp3) is 0.118. The maximum atomic E-state index is 12.2. The average molecular weight is 341 g/mol. The van der Waals surface area contributed by atoms with Crippen LogP contribution in [0.15, 0.2) is 52.9 Å². The number of nitrogens with one attached hydrogen (secondary N) is 1. The van der Waals surface area contributed by atoms with Crippen LogP contribution in [-0.2, 0) is 6.42 Å². The third-order valence-electron chi connectivity index (χ3n) is 3.15. The van der Waals surface area contributed by atoms with Crippen LogP contribution in [0.4, 0.5) is 0 Å². The molecular weight excluding hydrogens is 326 g/mol. The number of carbonyl (C=O) groups excluding carboxylic acids is 1. The van der Waals surface area contributed by atoms with Gasteiger partial charge in [0.1, 0.15) is 4.88 Å². The summed E-state index contributed by atoms with van der Waals surface area (Å²) in [4.78, 5) is 18.3. The fourth-order valence-electron chi connectivity index (χ4n) is 2.08. The minimum atomic E-state index is -0.216. The van der Waals surface area contributed by atoms with Gasteiger partial charge in [0.15, 0.2) is 0 Å². The number of thiophene rings is 1. The summed E-state index contributed by atoms with van der Waals surface area (Å²) < 4.78 is 0. The van der Waals surface area contributed by atoms with E-state index in [1.54, 1.807) is 17.6 Å². The van der Waals surface area contributed by atoms with E-state index in [0.29, 0.717) is 4.88 Å². The number of rotatable bonds is 5. The Labute approximate surface area is 142 Å². The van der Waals surface area contributed by atoms with Gasteiger partial charge < -0.3 is 0 Å². The molecule has 0 aliphatic rings. The zero-order valence-corrected chi connectivity index (χ0v) is 14.2. The molecule has 1 N–H and O–H groups in total. The standard InChI is InChI=1S/C17H15N3OS2/c1-12-16(17(21)20-18-11-14-8-5-9-22-14)23-15(19-12)10-13-6-3-2-4-7-13/h2-9,11H,10H2,1H3,(H,20,21)/b18-11+. The van der Waals surface area contributed by atoms with Gasteiger partial charge in [-0.15, -0.1) is 22.7 Å². The third-order valence-corrected chi connectivity index (χ3v) is 5.11. The molecule has 0 atom stereocenters. The first kappa shape index (κ1) is 15.6. The van der Waals surface area contributed by atoms with Crippen molar-refractivity contribution in [2.45, 2.75) is 13.3 Å². The number of benzene rings is 1. The van der Waals surface area contributed by atoms with Crippen molar-refractivity contribution >= 4 is 34.8 Å². The van der Waals surface area contributed by atoms with Gasteiger partial charge in [0.05, 0.1) is 16.9 Å². The van der Waals surface area contributed by atoms with E-state index in [2.05, 4.69) is 27.6 Å². The Morgan fingerprint density at radius 1 is 1.26 bits per heavy atom. The van der Waals surface area contributed by atoms with E-state index in [9.17, 15) is 4.79 Å². The third kappa shape index (κ3) is 4.12. The first-order valence-corrected chi connectivity index (χ1v) is 8.79. The predicted molar refractivity (Wildman–Crippen MR) is 95.5 cm³/mol. The molecule has 0 bridgehead atoms. The molecule has 3 rings (SSSR count). The van der Waals surface area contributed by atoms with Crippen LogP contribution in [0.1, 0.15) is 30.8 Å². The van der Waals surface area contributed by atoms with Crippen LogP contribution in [0.5, 0.6) is 0 Å². The molecule has 0 radical (unpaired) electrons. The largest absolute Gasteiger partial charge is 0.283 e. The van der Waals surface area contributed by atoms with Gasteiger partial charge in [0, 0.05) is 11.3 Å². The van der Waals surface area contributed by atoms with Crippen LogP contribution >= 0.6 is 22.7 Å². The molecule has 0 saturated heterocycles. The van der Waals surface area contributed by atoms with Gasteiger partial charge >= 0.3 is 0 Å². The number of hydrogen-bond donors (Lipinski definition) is 1. The molecule has 3 aromatic rings. The summed E-state index contributed by atoms with van der Waals surface area (Å²) in [7, 11) is 0. The van der Waals surface area contributed by atoms with Crippen molar-refractivity contribution in [3.8, 4) is 0 Å². The molecule has 6 heteroatoms. The van der Waals surface area contributed by atoms with Crippen molar-refractivity contribution < 1.29 is 4.79 Å². The highest BCUT2D eigenvalue weighted by atomic mass is 32.1. The predicted octanol–water partition coefficient (Wildman–Crippen LogP) is 3.87. The van der Waals surface area contributed by atoms with E-state index in [-0.39, 0.29) is 5.91 Å². The lowest BCUT2D eigenvalue weighted by Crippen LogP contribution is -2.17. The lowest BCUT2D eigenvalue weighted by Gasteiger charge is -1.96. The number of carbonyl (C=O) groups is 1. The van der Waals surface area contributed by atoms with Gasteiger partial charge in [-0.1, -0.05) is 36.4 Å². The molecule has 4 nitrogen and oxygen atoms in total. The zero-order chi connectivity index (χ0) is 16.1. The molecule has 0 aliphatic carbocycles. The highest BCUT2D eigenvalue weighted by Gasteiger charge is 2.15. The Morgan fingerprint density at radius 3 is 2.83 bits per heavy atom. The molecule has 116 valence electrons. The average Bonchev–Trinajstić information content (AvgIpc) is 3.18. The number of thiazole rings is 1. The smallest absolute Gasteiger partial charge is 0.266 e. The molecule has 1 amide bonds. The first-order valence-electron chi connectivity index (χ1n) is 7.09. The van der Waals surface area contributed by atoms with Crippen molar-refractivity contribution in [3.63, 3.8) is 0 Å². The van der Waals surface area contributed by atoms with E-state index in [1.807, 2.05) is 42.6 Å². The van der Waals surface area contributed by atoms with E-state index in [4.69, 9.17) is 0 Å². The van der Waals surface area contributed by atoms with E-state index in [0.717, 1.165) is 22.0 Å². The second kappa shape index (κ2) is 7.30. The highest BCUT2D eigenvalue weighted by Crippen LogP contribution is 2.20.